The smallest absolute Gasteiger partial charge is 0.294 e. The van der Waals surface area contributed by atoms with E-state index < -0.39 is 23.5 Å². The van der Waals surface area contributed by atoms with Crippen LogP contribution in [0.4, 0.5) is 11.4 Å². The van der Waals surface area contributed by atoms with Gasteiger partial charge in [0.25, 0.3) is 5.91 Å². The Bertz CT molecular complexity index is 1460. The number of carbonyl (C=O) groups excluding carboxylic acids is 2. The molecule has 36 heavy (non-hydrogen) atoms. The summed E-state index contributed by atoms with van der Waals surface area (Å²) in [6, 6.07) is 21.8. The maximum Gasteiger partial charge on any atom is 0.294 e. The van der Waals surface area contributed by atoms with Gasteiger partial charge in [-0.3, -0.25) is 14.5 Å². The zero-order valence-electron chi connectivity index (χ0n) is 19.4. The minimum Gasteiger partial charge on any atom is -0.508 e. The molecule has 6 rings (SSSR count). The zero-order chi connectivity index (χ0) is 24.8. The Kier molecular flexibility index (Phi) is 5.25. The van der Waals surface area contributed by atoms with E-state index in [4.69, 9.17) is 4.42 Å². The Labute approximate surface area is 207 Å². The number of aliphatic hydroxyl groups excluding tert-OH is 1. The van der Waals surface area contributed by atoms with Crippen LogP contribution in [0.2, 0.25) is 0 Å². The summed E-state index contributed by atoms with van der Waals surface area (Å²) in [5.74, 6) is -1.74. The van der Waals surface area contributed by atoms with Crippen LogP contribution in [-0.4, -0.2) is 35.0 Å². The van der Waals surface area contributed by atoms with Gasteiger partial charge in [-0.05, 0) is 66.9 Å². The van der Waals surface area contributed by atoms with Crippen molar-refractivity contribution < 1.29 is 24.2 Å². The minimum absolute atomic E-state index is 0.0422. The maximum atomic E-state index is 13.7. The number of aliphatic hydroxyl groups is 1. The zero-order valence-corrected chi connectivity index (χ0v) is 19.4. The number of benzene rings is 3. The number of hydrogen-bond donors (Lipinski definition) is 2. The number of nitrogens with zero attached hydrogens (tertiary/aromatic N) is 2. The highest BCUT2D eigenvalue weighted by Gasteiger charge is 2.45. The number of phenols is 1. The first-order valence-electron chi connectivity index (χ1n) is 11.9. The molecule has 0 bridgehead atoms. The van der Waals surface area contributed by atoms with Crippen LogP contribution < -0.4 is 9.80 Å². The molecule has 1 fully saturated rings. The van der Waals surface area contributed by atoms with Crippen molar-refractivity contribution in [3.63, 3.8) is 0 Å². The number of rotatable bonds is 5. The molecule has 2 N–H and O–H groups in total. The number of anilines is 2. The van der Waals surface area contributed by atoms with Gasteiger partial charge in [0.15, 0.2) is 11.5 Å². The number of hydrogen-bond acceptors (Lipinski definition) is 6. The van der Waals surface area contributed by atoms with Crippen LogP contribution in [0.3, 0.4) is 0 Å². The molecule has 0 saturated carbocycles. The Morgan fingerprint density at radius 3 is 2.22 bits per heavy atom. The van der Waals surface area contributed by atoms with E-state index in [2.05, 4.69) is 4.90 Å². The van der Waals surface area contributed by atoms with E-state index in [0.717, 1.165) is 37.0 Å². The Balaban J connectivity index is 1.43. The summed E-state index contributed by atoms with van der Waals surface area (Å²) in [6.45, 7) is 1.99. The standard InChI is InChI=1S/C29H24N2O5/c32-22-13-7-18(8-14-22)26-25(27(33)24-17-19-5-1-2-6-23(19)36-24)28(34)29(35)31(26)21-11-9-20(10-12-21)30-15-3-4-16-30/h1-2,5-14,17,26,32,34H,3-4,15-16H2. The molecule has 1 amide bonds. The fourth-order valence-electron chi connectivity index (χ4n) is 5.10. The van der Waals surface area contributed by atoms with Crippen LogP contribution in [-0.2, 0) is 4.79 Å². The lowest BCUT2D eigenvalue weighted by Crippen LogP contribution is -2.31. The number of furan rings is 1. The van der Waals surface area contributed by atoms with Crippen molar-refractivity contribution in [2.75, 3.05) is 22.9 Å². The van der Waals surface area contributed by atoms with Crippen molar-refractivity contribution in [2.24, 2.45) is 0 Å². The third kappa shape index (κ3) is 3.60. The molecule has 0 aliphatic carbocycles. The first kappa shape index (κ1) is 22.0. The van der Waals surface area contributed by atoms with Gasteiger partial charge < -0.3 is 19.5 Å². The second-order valence-electron chi connectivity index (χ2n) is 9.12. The third-order valence-electron chi connectivity index (χ3n) is 6.91. The Morgan fingerprint density at radius 2 is 1.53 bits per heavy atom. The lowest BCUT2D eigenvalue weighted by molar-refractivity contribution is -0.117. The van der Waals surface area contributed by atoms with Gasteiger partial charge in [0.05, 0.1) is 11.6 Å². The van der Waals surface area contributed by atoms with Crippen molar-refractivity contribution >= 4 is 34.0 Å². The fourth-order valence-corrected chi connectivity index (χ4v) is 5.10. The average Bonchev–Trinajstić information content (AvgIpc) is 3.63. The lowest BCUT2D eigenvalue weighted by atomic mass is 9.94. The second kappa shape index (κ2) is 8.61. The first-order valence-corrected chi connectivity index (χ1v) is 11.9. The van der Waals surface area contributed by atoms with Gasteiger partial charge in [-0.2, -0.15) is 0 Å². The second-order valence-corrected chi connectivity index (χ2v) is 9.12. The van der Waals surface area contributed by atoms with Gasteiger partial charge in [-0.15, -0.1) is 0 Å². The van der Waals surface area contributed by atoms with E-state index in [-0.39, 0.29) is 17.1 Å². The molecular weight excluding hydrogens is 456 g/mol. The fraction of sp³-hybridized carbons (Fsp3) is 0.172. The van der Waals surface area contributed by atoms with Crippen LogP contribution >= 0.6 is 0 Å². The molecule has 180 valence electrons. The average molecular weight is 481 g/mol. The molecule has 3 heterocycles. The quantitative estimate of drug-likeness (QED) is 0.365. The first-order chi connectivity index (χ1) is 17.5. The summed E-state index contributed by atoms with van der Waals surface area (Å²) >= 11 is 0. The normalized spacial score (nSPS) is 18.0. The van der Waals surface area contributed by atoms with E-state index >= 15 is 0 Å². The van der Waals surface area contributed by atoms with Crippen LogP contribution in [0.5, 0.6) is 5.75 Å². The molecule has 2 aliphatic heterocycles. The van der Waals surface area contributed by atoms with Crippen molar-refractivity contribution in [3.05, 3.63) is 102 Å². The molecule has 7 nitrogen and oxygen atoms in total. The van der Waals surface area contributed by atoms with Crippen LogP contribution in [0.15, 0.2) is 94.6 Å². The highest BCUT2D eigenvalue weighted by Crippen LogP contribution is 2.43. The maximum absolute atomic E-state index is 13.7. The highest BCUT2D eigenvalue weighted by molar-refractivity contribution is 6.20. The number of amides is 1. The predicted octanol–water partition coefficient (Wildman–Crippen LogP) is 5.52. The number of aromatic hydroxyl groups is 1. The number of para-hydroxylation sites is 1. The number of fused-ring (bicyclic) bond motifs is 1. The van der Waals surface area contributed by atoms with E-state index in [0.29, 0.717) is 16.8 Å². The van der Waals surface area contributed by atoms with E-state index in [1.54, 1.807) is 24.3 Å². The largest absolute Gasteiger partial charge is 0.508 e. The van der Waals surface area contributed by atoms with Gasteiger partial charge in [-0.25, -0.2) is 0 Å². The Hall–Kier alpha value is -4.52. The summed E-state index contributed by atoms with van der Waals surface area (Å²) in [5, 5.41) is 21.6. The Morgan fingerprint density at radius 1 is 0.861 bits per heavy atom. The van der Waals surface area contributed by atoms with Gasteiger partial charge >= 0.3 is 0 Å². The van der Waals surface area contributed by atoms with Crippen molar-refractivity contribution in [1.29, 1.82) is 0 Å². The van der Waals surface area contributed by atoms with Crippen molar-refractivity contribution in [2.45, 2.75) is 18.9 Å². The van der Waals surface area contributed by atoms with E-state index in [1.807, 2.05) is 42.5 Å². The molecule has 1 saturated heterocycles. The molecular formula is C29H24N2O5. The molecule has 1 unspecified atom stereocenters. The minimum atomic E-state index is -0.892. The van der Waals surface area contributed by atoms with Crippen LogP contribution in [0.1, 0.15) is 35.0 Å². The molecule has 0 spiro atoms. The van der Waals surface area contributed by atoms with Gasteiger partial charge in [-0.1, -0.05) is 30.3 Å². The highest BCUT2D eigenvalue weighted by atomic mass is 16.3. The molecule has 1 aromatic heterocycles. The van der Waals surface area contributed by atoms with Gasteiger partial charge in [0, 0.05) is 29.9 Å². The molecule has 3 aromatic carbocycles. The molecule has 4 aromatic rings. The van der Waals surface area contributed by atoms with Gasteiger partial charge in [0.2, 0.25) is 5.78 Å². The summed E-state index contributed by atoms with van der Waals surface area (Å²) in [4.78, 5) is 30.8. The summed E-state index contributed by atoms with van der Waals surface area (Å²) in [6.07, 6.45) is 2.31. The van der Waals surface area contributed by atoms with Crippen LogP contribution in [0.25, 0.3) is 11.0 Å². The number of phenolic OH excluding ortho intramolecular Hbond substituents is 1. The number of carbonyl (C=O) groups is 2. The lowest BCUT2D eigenvalue weighted by Gasteiger charge is -2.27. The molecule has 7 heteroatoms. The number of ketones is 1. The van der Waals surface area contributed by atoms with E-state index in [1.165, 1.54) is 17.0 Å². The topological polar surface area (TPSA) is 94.2 Å². The number of Topliss-reactive ketones (excluding diaryl/α,β-unsaturated/α-hetero) is 1. The van der Waals surface area contributed by atoms with Gasteiger partial charge in [0.1, 0.15) is 11.3 Å². The summed E-state index contributed by atoms with van der Waals surface area (Å²) in [5.41, 5.74) is 2.68. The van der Waals surface area contributed by atoms with Crippen LogP contribution in [0, 0.1) is 0 Å². The molecule has 0 radical (unpaired) electrons. The predicted molar refractivity (Wildman–Crippen MR) is 136 cm³/mol. The monoisotopic (exact) mass is 480 g/mol. The van der Waals surface area contributed by atoms with E-state index in [9.17, 15) is 19.8 Å². The molecule has 2 aliphatic rings. The van der Waals surface area contributed by atoms with Crippen molar-refractivity contribution in [1.82, 2.24) is 0 Å². The SMILES string of the molecule is O=C(C1=C(O)C(=O)N(c2ccc(N3CCCC3)cc2)C1c1ccc(O)cc1)c1cc2ccccc2o1. The molecule has 1 atom stereocenters. The van der Waals surface area contributed by atoms with Crippen molar-refractivity contribution in [3.8, 4) is 5.75 Å². The summed E-state index contributed by atoms with van der Waals surface area (Å²) < 4.78 is 5.77. The third-order valence-corrected chi connectivity index (χ3v) is 6.91. The summed E-state index contributed by atoms with van der Waals surface area (Å²) in [7, 11) is 0.